The van der Waals surface area contributed by atoms with E-state index in [1.165, 1.54) is 11.7 Å². The van der Waals surface area contributed by atoms with Crippen molar-refractivity contribution in [3.05, 3.63) is 68.1 Å². The highest BCUT2D eigenvalue weighted by Gasteiger charge is 2.18. The molecule has 4 aromatic rings. The van der Waals surface area contributed by atoms with Gasteiger partial charge in [-0.1, -0.05) is 29.3 Å². The number of rotatable bonds is 6. The highest BCUT2D eigenvalue weighted by atomic mass is 35.5. The number of ether oxygens (including phenoxy) is 2. The molecule has 32 heavy (non-hydrogen) atoms. The van der Waals surface area contributed by atoms with Crippen LogP contribution >= 0.6 is 23.2 Å². The first-order valence-corrected chi connectivity index (χ1v) is 10.3. The molecule has 0 unspecified atom stereocenters. The number of benzene rings is 2. The Balaban J connectivity index is 1.62. The largest absolute Gasteiger partial charge is 0.488 e. The summed E-state index contributed by atoms with van der Waals surface area (Å²) in [4.78, 5) is 12.3. The Kier molecular flexibility index (Phi) is 5.94. The van der Waals surface area contributed by atoms with Crippen LogP contribution < -0.4 is 15.2 Å². The van der Waals surface area contributed by atoms with Crippen LogP contribution in [0.3, 0.4) is 0 Å². The Hall–Kier alpha value is -3.30. The van der Waals surface area contributed by atoms with Gasteiger partial charge in [0.15, 0.2) is 0 Å². The Morgan fingerprint density at radius 2 is 1.84 bits per heavy atom. The van der Waals surface area contributed by atoms with Crippen LogP contribution in [0.25, 0.3) is 16.9 Å². The van der Waals surface area contributed by atoms with Crippen LogP contribution in [0.15, 0.2) is 41.2 Å². The molecule has 0 aliphatic carbocycles. The molecule has 0 bridgehead atoms. The highest BCUT2D eigenvalue weighted by Crippen LogP contribution is 2.36. The second-order valence-corrected chi connectivity index (χ2v) is 7.88. The summed E-state index contributed by atoms with van der Waals surface area (Å²) in [6, 6.07) is 10.9. The molecule has 0 N–H and O–H groups in total. The van der Waals surface area contributed by atoms with Crippen molar-refractivity contribution in [1.29, 1.82) is 0 Å². The van der Waals surface area contributed by atoms with Crippen molar-refractivity contribution in [3.63, 3.8) is 0 Å². The van der Waals surface area contributed by atoms with Crippen molar-refractivity contribution >= 4 is 23.2 Å². The van der Waals surface area contributed by atoms with E-state index >= 15 is 0 Å². The van der Waals surface area contributed by atoms with Gasteiger partial charge in [-0.2, -0.15) is 14.5 Å². The van der Waals surface area contributed by atoms with Gasteiger partial charge in [-0.05, 0) is 53.2 Å². The lowest BCUT2D eigenvalue weighted by Gasteiger charge is -2.14. The number of tetrazole rings is 1. The topological polar surface area (TPSA) is 89.0 Å². The molecule has 0 saturated heterocycles. The highest BCUT2D eigenvalue weighted by molar-refractivity contribution is 6.34. The van der Waals surface area contributed by atoms with Crippen molar-refractivity contribution in [2.45, 2.75) is 13.5 Å². The molecule has 4 rings (SSSR count). The van der Waals surface area contributed by atoms with Crippen molar-refractivity contribution in [3.8, 4) is 28.6 Å². The summed E-state index contributed by atoms with van der Waals surface area (Å²) >= 11 is 12.8. The smallest absolute Gasteiger partial charge is 0.368 e. The molecule has 2 aromatic carbocycles. The zero-order chi connectivity index (χ0) is 23.0. The van der Waals surface area contributed by atoms with E-state index in [1.807, 2.05) is 25.1 Å². The van der Waals surface area contributed by atoms with E-state index in [1.54, 1.807) is 37.0 Å². The maximum Gasteiger partial charge on any atom is 0.368 e. The van der Waals surface area contributed by atoms with E-state index in [4.69, 9.17) is 32.7 Å². The van der Waals surface area contributed by atoms with Gasteiger partial charge in [-0.3, -0.25) is 0 Å². The maximum atomic E-state index is 12.3. The van der Waals surface area contributed by atoms with E-state index in [0.29, 0.717) is 38.6 Å². The average Bonchev–Trinajstić information content (AvgIpc) is 3.25. The van der Waals surface area contributed by atoms with Gasteiger partial charge < -0.3 is 9.47 Å². The van der Waals surface area contributed by atoms with Crippen LogP contribution in [0, 0.1) is 6.92 Å². The van der Waals surface area contributed by atoms with E-state index < -0.39 is 0 Å². The third-order valence-corrected chi connectivity index (χ3v) is 5.69. The minimum atomic E-state index is -0.378. The number of aromatic nitrogens is 6. The molecular weight excluding hydrogens is 455 g/mol. The predicted molar refractivity (Wildman–Crippen MR) is 121 cm³/mol. The predicted octanol–water partition coefficient (Wildman–Crippen LogP) is 3.57. The van der Waals surface area contributed by atoms with Crippen molar-refractivity contribution in [1.82, 2.24) is 29.6 Å². The number of hydrogen-bond acceptors (Lipinski definition) is 6. The average molecular weight is 475 g/mol. The van der Waals surface area contributed by atoms with Gasteiger partial charge in [0.05, 0.1) is 12.8 Å². The molecule has 0 saturated carbocycles. The van der Waals surface area contributed by atoms with Gasteiger partial charge in [-0.15, -0.1) is 0 Å². The van der Waals surface area contributed by atoms with Gasteiger partial charge >= 0.3 is 5.69 Å². The van der Waals surface area contributed by atoms with Crippen LogP contribution in [-0.2, 0) is 20.7 Å². The fourth-order valence-corrected chi connectivity index (χ4v) is 3.92. The molecule has 0 radical (unpaired) electrons. The summed E-state index contributed by atoms with van der Waals surface area (Å²) in [6.07, 6.45) is 0. The zero-order valence-corrected chi connectivity index (χ0v) is 19.3. The van der Waals surface area contributed by atoms with E-state index in [9.17, 15) is 4.79 Å². The quantitative estimate of drug-likeness (QED) is 0.424. The molecular formula is C21H20Cl2N6O3. The molecule has 0 spiro atoms. The molecule has 2 aromatic heterocycles. The molecule has 0 aliphatic heterocycles. The normalized spacial score (nSPS) is 11.1. The third kappa shape index (κ3) is 3.85. The SMILES string of the molecule is COc1c(Cl)c(-c2ccc(OCc3c(Cl)cccc3-n3nnn(C)c3=O)c(C)c2)nn1C. The lowest BCUT2D eigenvalue weighted by atomic mass is 10.1. The van der Waals surface area contributed by atoms with Crippen LogP contribution in [0.5, 0.6) is 11.6 Å². The number of aryl methyl sites for hydroxylation is 3. The lowest BCUT2D eigenvalue weighted by Crippen LogP contribution is -2.23. The Bertz CT molecular complexity index is 1360. The summed E-state index contributed by atoms with van der Waals surface area (Å²) in [7, 11) is 4.84. The summed E-state index contributed by atoms with van der Waals surface area (Å²) in [5.74, 6) is 1.15. The monoisotopic (exact) mass is 474 g/mol. The molecule has 9 nitrogen and oxygen atoms in total. The summed E-state index contributed by atoms with van der Waals surface area (Å²) < 4.78 is 15.3. The number of halogens is 2. The van der Waals surface area contributed by atoms with E-state index in [2.05, 4.69) is 15.5 Å². The molecule has 11 heteroatoms. The van der Waals surface area contributed by atoms with Crippen LogP contribution in [0.1, 0.15) is 11.1 Å². The molecule has 0 amide bonds. The molecule has 2 heterocycles. The maximum absolute atomic E-state index is 12.3. The van der Waals surface area contributed by atoms with E-state index in [-0.39, 0.29) is 12.3 Å². The van der Waals surface area contributed by atoms with Crippen LogP contribution in [0.2, 0.25) is 10.0 Å². The number of hydrogen-bond donors (Lipinski definition) is 0. The minimum Gasteiger partial charge on any atom is -0.488 e. The van der Waals surface area contributed by atoms with Gasteiger partial charge in [0.25, 0.3) is 0 Å². The second kappa shape index (κ2) is 8.68. The minimum absolute atomic E-state index is 0.135. The fourth-order valence-electron chi connectivity index (χ4n) is 3.35. The molecule has 166 valence electrons. The van der Waals surface area contributed by atoms with Crippen molar-refractivity contribution in [2.75, 3.05) is 7.11 Å². The second-order valence-electron chi connectivity index (χ2n) is 7.10. The number of nitrogens with zero attached hydrogens (tertiary/aromatic N) is 6. The van der Waals surface area contributed by atoms with Crippen LogP contribution in [-0.4, -0.2) is 36.7 Å². The van der Waals surface area contributed by atoms with Gasteiger partial charge in [-0.25, -0.2) is 9.48 Å². The third-order valence-electron chi connectivity index (χ3n) is 5.00. The first kappa shape index (κ1) is 21.9. The van der Waals surface area contributed by atoms with Crippen molar-refractivity contribution in [2.24, 2.45) is 14.1 Å². The summed E-state index contributed by atoms with van der Waals surface area (Å²) in [6.45, 7) is 2.06. The Labute approximate surface area is 193 Å². The summed E-state index contributed by atoms with van der Waals surface area (Å²) in [5, 5.41) is 13.0. The molecule has 0 atom stereocenters. The van der Waals surface area contributed by atoms with Crippen LogP contribution in [0.4, 0.5) is 0 Å². The Morgan fingerprint density at radius 3 is 2.47 bits per heavy atom. The van der Waals surface area contributed by atoms with Gasteiger partial charge in [0, 0.05) is 30.2 Å². The lowest BCUT2D eigenvalue weighted by molar-refractivity contribution is 0.303. The van der Waals surface area contributed by atoms with Gasteiger partial charge in [0.2, 0.25) is 5.88 Å². The van der Waals surface area contributed by atoms with E-state index in [0.717, 1.165) is 15.8 Å². The van der Waals surface area contributed by atoms with Crippen molar-refractivity contribution < 1.29 is 9.47 Å². The number of methoxy groups -OCH3 is 1. The Morgan fingerprint density at radius 1 is 1.06 bits per heavy atom. The van der Waals surface area contributed by atoms with Gasteiger partial charge in [0.1, 0.15) is 23.1 Å². The molecule has 0 fully saturated rings. The zero-order valence-electron chi connectivity index (χ0n) is 17.8. The fraction of sp³-hybridized carbons (Fsp3) is 0.238. The first-order valence-electron chi connectivity index (χ1n) is 9.59. The molecule has 0 aliphatic rings. The summed E-state index contributed by atoms with van der Waals surface area (Å²) in [5.41, 5.74) is 3.10. The first-order chi connectivity index (χ1) is 15.3. The standard InChI is InChI=1S/C21H20Cl2N6O3/c1-12-10-13(19-18(23)20(31-4)27(2)24-19)8-9-17(12)32-11-14-15(22)6-5-7-16(14)29-21(30)28(3)25-26-29/h5-10H,11H2,1-4H3.